The van der Waals surface area contributed by atoms with Crippen LogP contribution in [0.1, 0.15) is 44.7 Å². The van der Waals surface area contributed by atoms with E-state index in [1.807, 2.05) is 32.1 Å². The van der Waals surface area contributed by atoms with Crippen LogP contribution in [-0.2, 0) is 9.59 Å². The molecule has 1 aliphatic heterocycles. The van der Waals surface area contributed by atoms with Gasteiger partial charge in [0.05, 0.1) is 11.8 Å². The van der Waals surface area contributed by atoms with Gasteiger partial charge in [0, 0.05) is 16.1 Å². The van der Waals surface area contributed by atoms with Crippen LogP contribution in [0.3, 0.4) is 0 Å². The van der Waals surface area contributed by atoms with E-state index in [2.05, 4.69) is 0 Å². The molecule has 2 atom stereocenters. The highest BCUT2D eigenvalue weighted by molar-refractivity contribution is 6.30. The topological polar surface area (TPSA) is 74.8 Å². The van der Waals surface area contributed by atoms with Crippen molar-refractivity contribution in [3.63, 3.8) is 0 Å². The van der Waals surface area contributed by atoms with Crippen LogP contribution >= 0.6 is 11.6 Å². The number of imide groups is 1. The first-order chi connectivity index (χ1) is 15.3. The third-order valence-electron chi connectivity index (χ3n) is 6.17. The summed E-state index contributed by atoms with van der Waals surface area (Å²) in [5.74, 6) is -2.87. The molecule has 0 spiro atoms. The Labute approximate surface area is 191 Å². The van der Waals surface area contributed by atoms with E-state index >= 15 is 0 Å². The Morgan fingerprint density at radius 3 is 2.03 bits per heavy atom. The Morgan fingerprint density at radius 2 is 1.47 bits per heavy atom. The number of ketones is 1. The Kier molecular flexibility index (Phi) is 5.98. The lowest BCUT2D eigenvalue weighted by Gasteiger charge is -2.30. The second-order valence-corrected chi connectivity index (χ2v) is 8.67. The fourth-order valence-corrected chi connectivity index (χ4v) is 4.26. The van der Waals surface area contributed by atoms with E-state index in [4.69, 9.17) is 11.6 Å². The summed E-state index contributed by atoms with van der Waals surface area (Å²) in [5.41, 5.74) is 2.63. The van der Waals surface area contributed by atoms with Crippen LogP contribution < -0.4 is 0 Å². The number of rotatable bonds is 5. The molecule has 0 radical (unpaired) electrons. The van der Waals surface area contributed by atoms with Gasteiger partial charge in [-0.1, -0.05) is 35.9 Å². The smallest absolute Gasteiger partial charge is 0.273 e. The number of hydrogen-bond donors (Lipinski definition) is 0. The van der Waals surface area contributed by atoms with Gasteiger partial charge >= 0.3 is 0 Å². The average molecular weight is 451 g/mol. The van der Waals surface area contributed by atoms with Crippen LogP contribution in [-0.4, -0.2) is 40.1 Å². The van der Waals surface area contributed by atoms with E-state index in [9.17, 15) is 19.2 Å². The molecule has 2 aromatic carbocycles. The van der Waals surface area contributed by atoms with Crippen LogP contribution in [0.2, 0.25) is 5.02 Å². The van der Waals surface area contributed by atoms with Gasteiger partial charge in [-0.25, -0.2) is 5.01 Å². The van der Waals surface area contributed by atoms with Gasteiger partial charge < -0.3 is 0 Å². The SMILES string of the molecule is Cc1ccc(C(=O)CN(C(=O)c2ccc(Cl)cc2)N2C(=O)[C@H]3CC=CC[C@H]3C2=O)cc1C. The second kappa shape index (κ2) is 8.71. The number of Topliss-reactive ketones (excluding diaryl/α,β-unsaturated/α-hetero) is 1. The monoisotopic (exact) mass is 450 g/mol. The third-order valence-corrected chi connectivity index (χ3v) is 6.43. The summed E-state index contributed by atoms with van der Waals surface area (Å²) in [6.07, 6.45) is 4.64. The lowest BCUT2D eigenvalue weighted by molar-refractivity contribution is -0.154. The Balaban J connectivity index is 1.69. The number of hydrazine groups is 1. The van der Waals surface area contributed by atoms with Crippen molar-refractivity contribution >= 4 is 35.1 Å². The van der Waals surface area contributed by atoms with Gasteiger partial charge in [0.1, 0.15) is 6.54 Å². The van der Waals surface area contributed by atoms with E-state index in [1.54, 1.807) is 24.3 Å². The molecular weight excluding hydrogens is 428 g/mol. The molecule has 4 rings (SSSR count). The zero-order valence-corrected chi connectivity index (χ0v) is 18.6. The Hall–Kier alpha value is -3.25. The predicted octanol–water partition coefficient (Wildman–Crippen LogP) is 4.15. The first kappa shape index (κ1) is 22.0. The summed E-state index contributed by atoms with van der Waals surface area (Å²) < 4.78 is 0. The van der Waals surface area contributed by atoms with Crippen LogP contribution in [0.25, 0.3) is 0 Å². The normalized spacial score (nSPS) is 19.8. The van der Waals surface area contributed by atoms with E-state index in [0.717, 1.165) is 21.1 Å². The third kappa shape index (κ3) is 3.98. The van der Waals surface area contributed by atoms with Crippen LogP contribution in [0, 0.1) is 25.7 Å². The van der Waals surface area contributed by atoms with Gasteiger partial charge in [-0.15, -0.1) is 0 Å². The van der Waals surface area contributed by atoms with E-state index in [-0.39, 0.29) is 11.3 Å². The number of hydrogen-bond acceptors (Lipinski definition) is 4. The van der Waals surface area contributed by atoms with Crippen molar-refractivity contribution in [2.24, 2.45) is 11.8 Å². The van der Waals surface area contributed by atoms with Gasteiger partial charge in [0.2, 0.25) is 0 Å². The fourth-order valence-electron chi connectivity index (χ4n) is 4.14. The van der Waals surface area contributed by atoms with Gasteiger partial charge in [0.15, 0.2) is 5.78 Å². The lowest BCUT2D eigenvalue weighted by Crippen LogP contribution is -2.52. The summed E-state index contributed by atoms with van der Waals surface area (Å²) in [7, 11) is 0. The zero-order valence-electron chi connectivity index (χ0n) is 17.9. The summed E-state index contributed by atoms with van der Waals surface area (Å²) in [6, 6.07) is 11.4. The molecule has 1 saturated heterocycles. The lowest BCUT2D eigenvalue weighted by atomic mass is 9.85. The van der Waals surface area contributed by atoms with Gasteiger partial charge in [-0.2, -0.15) is 5.01 Å². The molecule has 0 bridgehead atoms. The summed E-state index contributed by atoms with van der Waals surface area (Å²) in [4.78, 5) is 52.8. The molecule has 1 heterocycles. The van der Waals surface area contributed by atoms with Gasteiger partial charge in [0.25, 0.3) is 17.7 Å². The first-order valence-electron chi connectivity index (χ1n) is 10.5. The zero-order chi connectivity index (χ0) is 23.0. The molecule has 164 valence electrons. The second-order valence-electron chi connectivity index (χ2n) is 8.24. The van der Waals surface area contributed by atoms with Crippen molar-refractivity contribution in [3.8, 4) is 0 Å². The van der Waals surface area contributed by atoms with E-state index < -0.39 is 36.1 Å². The predicted molar refractivity (Wildman–Crippen MR) is 120 cm³/mol. The number of carbonyl (C=O) groups excluding carboxylic acids is 4. The highest BCUT2D eigenvalue weighted by Gasteiger charge is 2.51. The molecule has 3 amide bonds. The standard InChI is InChI=1S/C25H23ClN2O4/c1-15-7-8-18(13-16(15)2)22(29)14-27(23(30)17-9-11-19(26)12-10-17)28-24(31)20-5-3-4-6-21(20)25(28)32/h3-4,7-13,20-21H,5-6,14H2,1-2H3/t20-,21+. The number of carbonyl (C=O) groups is 4. The van der Waals surface area contributed by atoms with Crippen molar-refractivity contribution in [2.75, 3.05) is 6.54 Å². The molecule has 32 heavy (non-hydrogen) atoms. The number of fused-ring (bicyclic) bond motifs is 1. The highest BCUT2D eigenvalue weighted by atomic mass is 35.5. The van der Waals surface area contributed by atoms with Crippen LogP contribution in [0.5, 0.6) is 0 Å². The average Bonchev–Trinajstić information content (AvgIpc) is 3.04. The minimum Gasteiger partial charge on any atom is -0.292 e. The van der Waals surface area contributed by atoms with Crippen LogP contribution in [0.15, 0.2) is 54.6 Å². The maximum Gasteiger partial charge on any atom is 0.273 e. The fraction of sp³-hybridized carbons (Fsp3) is 0.280. The molecule has 1 aliphatic carbocycles. The molecule has 6 nitrogen and oxygen atoms in total. The van der Waals surface area contributed by atoms with Gasteiger partial charge in [-0.3, -0.25) is 19.2 Å². The molecule has 0 saturated carbocycles. The number of halogens is 1. The Morgan fingerprint density at radius 1 is 0.906 bits per heavy atom. The summed E-state index contributed by atoms with van der Waals surface area (Å²) in [6.45, 7) is 3.42. The van der Waals surface area contributed by atoms with Crippen molar-refractivity contribution < 1.29 is 19.2 Å². The highest BCUT2D eigenvalue weighted by Crippen LogP contribution is 2.36. The molecule has 7 heteroatoms. The first-order valence-corrected chi connectivity index (χ1v) is 10.9. The molecular formula is C25H23ClN2O4. The summed E-state index contributed by atoms with van der Waals surface area (Å²) >= 11 is 5.94. The van der Waals surface area contributed by atoms with Gasteiger partial charge in [-0.05, 0) is 68.1 Å². The molecule has 1 fully saturated rings. The van der Waals surface area contributed by atoms with Crippen molar-refractivity contribution in [1.29, 1.82) is 0 Å². The largest absolute Gasteiger partial charge is 0.292 e. The Bertz CT molecular complexity index is 1110. The molecule has 2 aliphatic rings. The minimum absolute atomic E-state index is 0.232. The number of benzene rings is 2. The molecule has 0 N–H and O–H groups in total. The number of nitrogens with zero attached hydrogens (tertiary/aromatic N) is 2. The van der Waals surface area contributed by atoms with Crippen molar-refractivity contribution in [3.05, 3.63) is 81.9 Å². The van der Waals surface area contributed by atoms with E-state index in [1.165, 1.54) is 12.1 Å². The minimum atomic E-state index is -0.604. The van der Waals surface area contributed by atoms with Crippen LogP contribution in [0.4, 0.5) is 0 Å². The number of aryl methyl sites for hydroxylation is 2. The maximum atomic E-state index is 13.4. The number of allylic oxidation sites excluding steroid dienone is 2. The molecule has 2 aromatic rings. The quantitative estimate of drug-likeness (QED) is 0.389. The molecule has 0 unspecified atom stereocenters. The molecule has 0 aromatic heterocycles. The van der Waals surface area contributed by atoms with E-state index in [0.29, 0.717) is 23.4 Å². The van der Waals surface area contributed by atoms with Crippen molar-refractivity contribution in [1.82, 2.24) is 10.0 Å². The summed E-state index contributed by atoms with van der Waals surface area (Å²) in [5, 5.41) is 2.33. The maximum absolute atomic E-state index is 13.4. The number of amides is 3. The van der Waals surface area contributed by atoms with Crippen molar-refractivity contribution in [2.45, 2.75) is 26.7 Å².